The molecule has 0 radical (unpaired) electrons. The third-order valence-corrected chi connectivity index (χ3v) is 4.86. The minimum absolute atomic E-state index is 0.558. The van der Waals surface area contributed by atoms with Crippen molar-refractivity contribution >= 4 is 17.7 Å². The average molecular weight is 366 g/mol. The Hall–Kier alpha value is -3.15. The van der Waals surface area contributed by atoms with Crippen LogP contribution in [-0.2, 0) is 22.6 Å². The molecule has 1 aliphatic heterocycles. The first-order valence-corrected chi connectivity index (χ1v) is 8.85. The predicted octanol–water partition coefficient (Wildman–Crippen LogP) is 3.35. The van der Waals surface area contributed by atoms with Gasteiger partial charge in [0.25, 0.3) is 0 Å². The Labute approximate surface area is 157 Å². The van der Waals surface area contributed by atoms with Gasteiger partial charge in [-0.2, -0.15) is 0 Å². The molecule has 2 aromatic rings. The Balaban J connectivity index is 0.000000226. The molecule has 0 amide bonds. The monoisotopic (exact) mass is 366 g/mol. The molecule has 1 aliphatic carbocycles. The summed E-state index contributed by atoms with van der Waals surface area (Å²) >= 11 is 0. The Morgan fingerprint density at radius 3 is 2.52 bits per heavy atom. The highest BCUT2D eigenvalue weighted by molar-refractivity contribution is 5.99. The second-order valence-electron chi connectivity index (χ2n) is 6.72. The largest absolute Gasteiger partial charge is 0.478 e. The van der Waals surface area contributed by atoms with Crippen LogP contribution < -0.4 is 0 Å². The van der Waals surface area contributed by atoms with E-state index in [1.807, 2.05) is 0 Å². The van der Waals surface area contributed by atoms with Crippen molar-refractivity contribution in [3.63, 3.8) is 0 Å². The number of hydrogen-bond acceptors (Lipinski definition) is 3. The molecule has 0 fully saturated rings. The van der Waals surface area contributed by atoms with Gasteiger partial charge in [0.1, 0.15) is 0 Å². The Morgan fingerprint density at radius 2 is 1.85 bits per heavy atom. The third kappa shape index (κ3) is 3.84. The van der Waals surface area contributed by atoms with Gasteiger partial charge in [0.2, 0.25) is 0 Å². The maximum absolute atomic E-state index is 9.55. The number of aromatic nitrogens is 1. The standard InChI is InChI=1S/C17H18N2.C4H4O4/c1-11-9-13-10-16-12(2)18-7-8-19(16)17(13)15-6-4-3-5-14(11)15;5-3(6)1-2-4(7)8/h3-6,10-11H,7-9H2,1-2H3;1-2H,(H,5,6)(H,7,8). The van der Waals surface area contributed by atoms with Crippen LogP contribution in [0.4, 0.5) is 0 Å². The Kier molecular flexibility index (Phi) is 5.26. The number of carboxylic acid groups (broad SMARTS) is 2. The number of nitrogens with zero attached hydrogens (tertiary/aromatic N) is 2. The molecule has 0 saturated carbocycles. The molecular formula is C21H22N2O4. The molecule has 0 spiro atoms. The first kappa shape index (κ1) is 18.6. The fourth-order valence-corrected chi connectivity index (χ4v) is 3.73. The van der Waals surface area contributed by atoms with E-state index in [1.54, 1.807) is 0 Å². The van der Waals surface area contributed by atoms with E-state index in [-0.39, 0.29) is 0 Å². The van der Waals surface area contributed by atoms with E-state index in [4.69, 9.17) is 10.2 Å². The van der Waals surface area contributed by atoms with Crippen molar-refractivity contribution in [2.45, 2.75) is 32.7 Å². The van der Waals surface area contributed by atoms with Crippen LogP contribution in [0.5, 0.6) is 0 Å². The van der Waals surface area contributed by atoms with Gasteiger partial charge in [0, 0.05) is 24.3 Å². The van der Waals surface area contributed by atoms with Gasteiger partial charge in [0.15, 0.2) is 0 Å². The minimum Gasteiger partial charge on any atom is -0.478 e. The molecular weight excluding hydrogens is 344 g/mol. The summed E-state index contributed by atoms with van der Waals surface area (Å²) in [6.45, 7) is 6.40. The van der Waals surface area contributed by atoms with Gasteiger partial charge in [-0.05, 0) is 36.5 Å². The molecule has 6 nitrogen and oxygen atoms in total. The van der Waals surface area contributed by atoms with Crippen LogP contribution in [0.25, 0.3) is 11.3 Å². The number of carboxylic acids is 2. The molecule has 1 atom stereocenters. The van der Waals surface area contributed by atoms with Gasteiger partial charge in [-0.25, -0.2) is 9.59 Å². The fourth-order valence-electron chi connectivity index (χ4n) is 3.73. The summed E-state index contributed by atoms with van der Waals surface area (Å²) in [4.78, 5) is 23.7. The van der Waals surface area contributed by atoms with E-state index in [9.17, 15) is 9.59 Å². The van der Waals surface area contributed by atoms with E-state index in [0.717, 1.165) is 19.5 Å². The Morgan fingerprint density at radius 1 is 1.19 bits per heavy atom. The maximum atomic E-state index is 9.55. The summed E-state index contributed by atoms with van der Waals surface area (Å²) < 4.78 is 2.47. The summed E-state index contributed by atoms with van der Waals surface area (Å²) in [5.74, 6) is -1.90. The van der Waals surface area contributed by atoms with Crippen molar-refractivity contribution in [1.29, 1.82) is 0 Å². The van der Waals surface area contributed by atoms with E-state index in [2.05, 4.69) is 53.7 Å². The molecule has 6 heteroatoms. The van der Waals surface area contributed by atoms with Gasteiger partial charge in [-0.15, -0.1) is 0 Å². The van der Waals surface area contributed by atoms with E-state index in [0.29, 0.717) is 18.1 Å². The topological polar surface area (TPSA) is 91.9 Å². The zero-order valence-corrected chi connectivity index (χ0v) is 15.3. The quantitative estimate of drug-likeness (QED) is 0.797. The summed E-state index contributed by atoms with van der Waals surface area (Å²) in [5.41, 5.74) is 8.37. The summed E-state index contributed by atoms with van der Waals surface area (Å²) in [6.07, 6.45) is 2.27. The fraction of sp³-hybridized carbons (Fsp3) is 0.286. The van der Waals surface area contributed by atoms with Crippen LogP contribution >= 0.6 is 0 Å². The third-order valence-electron chi connectivity index (χ3n) is 4.86. The lowest BCUT2D eigenvalue weighted by Gasteiger charge is -2.25. The van der Waals surface area contributed by atoms with Crippen LogP contribution in [0.3, 0.4) is 0 Å². The zero-order chi connectivity index (χ0) is 19.6. The lowest BCUT2D eigenvalue weighted by Crippen LogP contribution is -2.18. The highest BCUT2D eigenvalue weighted by Gasteiger charge is 2.27. The van der Waals surface area contributed by atoms with Crippen molar-refractivity contribution in [1.82, 2.24) is 4.57 Å². The van der Waals surface area contributed by atoms with Crippen LogP contribution in [0.15, 0.2) is 47.5 Å². The molecule has 2 heterocycles. The number of aliphatic carboxylic acids is 2. The van der Waals surface area contributed by atoms with Crippen molar-refractivity contribution in [2.24, 2.45) is 4.99 Å². The summed E-state index contributed by atoms with van der Waals surface area (Å²) in [5, 5.41) is 15.6. The van der Waals surface area contributed by atoms with Crippen molar-refractivity contribution in [3.8, 4) is 11.3 Å². The molecule has 0 saturated heterocycles. The number of carbonyl (C=O) groups is 2. The van der Waals surface area contributed by atoms with Crippen LogP contribution in [-0.4, -0.2) is 39.0 Å². The number of aliphatic imine (C=N–C) groups is 1. The number of rotatable bonds is 2. The first-order chi connectivity index (χ1) is 12.9. The van der Waals surface area contributed by atoms with Crippen molar-refractivity contribution < 1.29 is 19.8 Å². The van der Waals surface area contributed by atoms with Crippen LogP contribution in [0.1, 0.15) is 36.6 Å². The van der Waals surface area contributed by atoms with Crippen LogP contribution in [0.2, 0.25) is 0 Å². The minimum atomic E-state index is -1.26. The molecule has 2 N–H and O–H groups in total. The van der Waals surface area contributed by atoms with Gasteiger partial charge < -0.3 is 14.8 Å². The molecule has 1 unspecified atom stereocenters. The van der Waals surface area contributed by atoms with E-state index in [1.165, 1.54) is 33.8 Å². The Bertz CT molecular complexity index is 937. The molecule has 140 valence electrons. The molecule has 2 aliphatic rings. The first-order valence-electron chi connectivity index (χ1n) is 8.85. The van der Waals surface area contributed by atoms with Gasteiger partial charge >= 0.3 is 11.9 Å². The van der Waals surface area contributed by atoms with Crippen molar-refractivity contribution in [2.75, 3.05) is 6.54 Å². The zero-order valence-electron chi connectivity index (χ0n) is 15.3. The second kappa shape index (κ2) is 7.61. The second-order valence-corrected chi connectivity index (χ2v) is 6.72. The number of fused-ring (bicyclic) bond motifs is 5. The van der Waals surface area contributed by atoms with Crippen LogP contribution in [0, 0.1) is 0 Å². The lowest BCUT2D eigenvalue weighted by molar-refractivity contribution is -0.134. The maximum Gasteiger partial charge on any atom is 0.328 e. The van der Waals surface area contributed by atoms with Crippen molar-refractivity contribution in [3.05, 3.63) is 59.3 Å². The lowest BCUT2D eigenvalue weighted by atomic mass is 9.83. The SMILES string of the molecule is CC1=NCCn2c1cc1c2-c2ccccc2C(C)C1.O=C(O)C=CC(=O)O. The summed E-state index contributed by atoms with van der Waals surface area (Å²) in [7, 11) is 0. The number of benzene rings is 1. The highest BCUT2D eigenvalue weighted by Crippen LogP contribution is 2.41. The van der Waals surface area contributed by atoms with Gasteiger partial charge in [-0.1, -0.05) is 31.2 Å². The average Bonchev–Trinajstić information content (AvgIpc) is 3.01. The highest BCUT2D eigenvalue weighted by atomic mass is 16.4. The molecule has 4 rings (SSSR count). The smallest absolute Gasteiger partial charge is 0.328 e. The van der Waals surface area contributed by atoms with Gasteiger partial charge in [0.05, 0.1) is 23.6 Å². The van der Waals surface area contributed by atoms with E-state index < -0.39 is 11.9 Å². The molecule has 1 aromatic carbocycles. The molecule has 27 heavy (non-hydrogen) atoms. The number of hydrogen-bond donors (Lipinski definition) is 2. The normalized spacial score (nSPS) is 17.1. The van der Waals surface area contributed by atoms with Gasteiger partial charge in [-0.3, -0.25) is 4.99 Å². The molecule has 1 aromatic heterocycles. The molecule has 0 bridgehead atoms. The predicted molar refractivity (Wildman–Crippen MR) is 103 cm³/mol. The van der Waals surface area contributed by atoms with E-state index >= 15 is 0 Å². The summed E-state index contributed by atoms with van der Waals surface area (Å²) in [6, 6.07) is 11.2.